The van der Waals surface area contributed by atoms with Gasteiger partial charge in [-0.2, -0.15) is 5.26 Å². The number of benzene rings is 2. The van der Waals surface area contributed by atoms with E-state index in [1.165, 1.54) is 0 Å². The Hall–Kier alpha value is -2.06. The highest BCUT2D eigenvalue weighted by atomic mass is 35.5. The van der Waals surface area contributed by atoms with Gasteiger partial charge in [-0.1, -0.05) is 41.4 Å². The van der Waals surface area contributed by atoms with Crippen LogP contribution in [0.5, 0.6) is 0 Å². The van der Waals surface area contributed by atoms with E-state index >= 15 is 0 Å². The van der Waals surface area contributed by atoms with Crippen molar-refractivity contribution in [3.8, 4) is 6.07 Å². The van der Waals surface area contributed by atoms with Crippen LogP contribution in [0, 0.1) is 11.3 Å². The SMILES string of the molecule is CN(CCC(=O)Nc1c(Cl)cccc1Cl)Cc1cccc(C#N)c1. The van der Waals surface area contributed by atoms with E-state index in [-0.39, 0.29) is 5.91 Å². The lowest BCUT2D eigenvalue weighted by atomic mass is 10.1. The molecule has 1 amide bonds. The number of anilines is 1. The van der Waals surface area contributed by atoms with E-state index in [1.54, 1.807) is 24.3 Å². The van der Waals surface area contributed by atoms with Gasteiger partial charge in [0.15, 0.2) is 0 Å². The molecule has 0 aromatic heterocycles. The number of nitriles is 1. The molecule has 0 aliphatic rings. The highest BCUT2D eigenvalue weighted by Crippen LogP contribution is 2.29. The fourth-order valence-electron chi connectivity index (χ4n) is 2.24. The summed E-state index contributed by atoms with van der Waals surface area (Å²) >= 11 is 12.1. The van der Waals surface area contributed by atoms with Crippen molar-refractivity contribution in [2.75, 3.05) is 18.9 Å². The molecule has 2 aromatic carbocycles. The monoisotopic (exact) mass is 361 g/mol. The fourth-order valence-corrected chi connectivity index (χ4v) is 2.73. The lowest BCUT2D eigenvalue weighted by Gasteiger charge is -2.17. The first-order valence-corrected chi connectivity index (χ1v) is 8.16. The van der Waals surface area contributed by atoms with Gasteiger partial charge in [-0.15, -0.1) is 0 Å². The van der Waals surface area contributed by atoms with Crippen molar-refractivity contribution < 1.29 is 4.79 Å². The topological polar surface area (TPSA) is 56.1 Å². The molecule has 0 saturated heterocycles. The van der Waals surface area contributed by atoms with Crippen LogP contribution in [0.2, 0.25) is 10.0 Å². The van der Waals surface area contributed by atoms with E-state index in [9.17, 15) is 4.79 Å². The summed E-state index contributed by atoms with van der Waals surface area (Å²) in [4.78, 5) is 14.1. The fraction of sp³-hybridized carbons (Fsp3) is 0.222. The maximum absolute atomic E-state index is 12.1. The molecule has 0 radical (unpaired) electrons. The summed E-state index contributed by atoms with van der Waals surface area (Å²) in [5, 5.41) is 12.5. The molecule has 0 spiro atoms. The van der Waals surface area contributed by atoms with Gasteiger partial charge < -0.3 is 10.2 Å². The van der Waals surface area contributed by atoms with E-state index in [1.807, 2.05) is 30.1 Å². The van der Waals surface area contributed by atoms with Gasteiger partial charge in [0.2, 0.25) is 5.91 Å². The standard InChI is InChI=1S/C18H17Cl2N3O/c1-23(12-14-5-2-4-13(10-14)11-21)9-8-17(24)22-18-15(19)6-3-7-16(18)20/h2-7,10H,8-9,12H2,1H3,(H,22,24). The van der Waals surface area contributed by atoms with E-state index in [4.69, 9.17) is 28.5 Å². The van der Waals surface area contributed by atoms with Crippen molar-refractivity contribution in [3.63, 3.8) is 0 Å². The van der Waals surface area contributed by atoms with Crippen LogP contribution in [0.25, 0.3) is 0 Å². The normalized spacial score (nSPS) is 10.5. The minimum atomic E-state index is -0.150. The molecule has 2 aromatic rings. The Morgan fingerprint density at radius 3 is 2.54 bits per heavy atom. The molecule has 0 fully saturated rings. The van der Waals surface area contributed by atoms with Gasteiger partial charge in [0, 0.05) is 19.5 Å². The van der Waals surface area contributed by atoms with Crippen molar-refractivity contribution in [2.24, 2.45) is 0 Å². The smallest absolute Gasteiger partial charge is 0.225 e. The summed E-state index contributed by atoms with van der Waals surface area (Å²) in [7, 11) is 1.93. The Balaban J connectivity index is 1.86. The number of amides is 1. The summed E-state index contributed by atoms with van der Waals surface area (Å²) in [5.41, 5.74) is 2.10. The molecule has 0 bridgehead atoms. The molecule has 2 rings (SSSR count). The number of halogens is 2. The summed E-state index contributed by atoms with van der Waals surface area (Å²) in [6.07, 6.45) is 0.315. The van der Waals surface area contributed by atoms with Gasteiger partial charge in [0.1, 0.15) is 0 Å². The second kappa shape index (κ2) is 8.70. The van der Waals surface area contributed by atoms with E-state index in [0.717, 1.165) is 5.56 Å². The largest absolute Gasteiger partial charge is 0.324 e. The molecule has 0 heterocycles. The molecule has 0 unspecified atom stereocenters. The second-order valence-electron chi connectivity index (χ2n) is 5.44. The Bertz CT molecular complexity index is 751. The van der Waals surface area contributed by atoms with E-state index in [2.05, 4.69) is 11.4 Å². The maximum Gasteiger partial charge on any atom is 0.225 e. The van der Waals surface area contributed by atoms with E-state index < -0.39 is 0 Å². The van der Waals surface area contributed by atoms with Crippen molar-refractivity contribution in [1.82, 2.24) is 4.90 Å². The summed E-state index contributed by atoms with van der Waals surface area (Å²) < 4.78 is 0. The molecule has 1 N–H and O–H groups in total. The number of hydrogen-bond donors (Lipinski definition) is 1. The number of carbonyl (C=O) groups excluding carboxylic acids is 1. The zero-order valence-electron chi connectivity index (χ0n) is 13.2. The van der Waals surface area contributed by atoms with Gasteiger partial charge >= 0.3 is 0 Å². The Morgan fingerprint density at radius 2 is 1.88 bits per heavy atom. The average Bonchev–Trinajstić information content (AvgIpc) is 2.56. The first-order valence-electron chi connectivity index (χ1n) is 7.41. The van der Waals surface area contributed by atoms with Crippen LogP contribution >= 0.6 is 23.2 Å². The zero-order valence-corrected chi connectivity index (χ0v) is 14.7. The highest BCUT2D eigenvalue weighted by Gasteiger charge is 2.10. The molecule has 124 valence electrons. The van der Waals surface area contributed by atoms with Crippen LogP contribution in [0.1, 0.15) is 17.5 Å². The second-order valence-corrected chi connectivity index (χ2v) is 6.26. The highest BCUT2D eigenvalue weighted by molar-refractivity contribution is 6.39. The lowest BCUT2D eigenvalue weighted by Crippen LogP contribution is -2.24. The van der Waals surface area contributed by atoms with Crippen LogP contribution in [-0.4, -0.2) is 24.4 Å². The first kappa shape index (κ1) is 18.3. The van der Waals surface area contributed by atoms with Crippen LogP contribution in [0.3, 0.4) is 0 Å². The number of hydrogen-bond acceptors (Lipinski definition) is 3. The van der Waals surface area contributed by atoms with Crippen LogP contribution in [0.15, 0.2) is 42.5 Å². The minimum absolute atomic E-state index is 0.150. The van der Waals surface area contributed by atoms with Crippen molar-refractivity contribution in [3.05, 3.63) is 63.6 Å². The van der Waals surface area contributed by atoms with Crippen LogP contribution < -0.4 is 5.32 Å². The maximum atomic E-state index is 12.1. The van der Waals surface area contributed by atoms with Crippen molar-refractivity contribution >= 4 is 34.8 Å². The van der Waals surface area contributed by atoms with Gasteiger partial charge in [-0.25, -0.2) is 0 Å². The third-order valence-electron chi connectivity index (χ3n) is 3.46. The molecule has 24 heavy (non-hydrogen) atoms. The third-order valence-corrected chi connectivity index (χ3v) is 4.09. The predicted molar refractivity (Wildman–Crippen MR) is 97.2 cm³/mol. The van der Waals surface area contributed by atoms with Crippen molar-refractivity contribution in [1.29, 1.82) is 5.26 Å². The van der Waals surface area contributed by atoms with E-state index in [0.29, 0.717) is 40.8 Å². The number of rotatable bonds is 6. The summed E-state index contributed by atoms with van der Waals surface area (Å²) in [6.45, 7) is 1.24. The average molecular weight is 362 g/mol. The molecular formula is C18H17Cl2N3O. The molecule has 0 aliphatic heterocycles. The molecule has 6 heteroatoms. The van der Waals surface area contributed by atoms with Crippen LogP contribution in [0.4, 0.5) is 5.69 Å². The van der Waals surface area contributed by atoms with Crippen LogP contribution in [-0.2, 0) is 11.3 Å². The minimum Gasteiger partial charge on any atom is -0.324 e. The number of carbonyl (C=O) groups is 1. The molecule has 4 nitrogen and oxygen atoms in total. The lowest BCUT2D eigenvalue weighted by molar-refractivity contribution is -0.116. The number of nitrogens with one attached hydrogen (secondary N) is 1. The Morgan fingerprint density at radius 1 is 1.21 bits per heavy atom. The first-order chi connectivity index (χ1) is 11.5. The molecule has 0 atom stereocenters. The van der Waals surface area contributed by atoms with Crippen molar-refractivity contribution in [2.45, 2.75) is 13.0 Å². The Kier molecular flexibility index (Phi) is 6.62. The van der Waals surface area contributed by atoms with Gasteiger partial charge in [-0.3, -0.25) is 4.79 Å². The molecule has 0 aliphatic carbocycles. The third kappa shape index (κ3) is 5.24. The predicted octanol–water partition coefficient (Wildman–Crippen LogP) is 4.33. The molecule has 0 saturated carbocycles. The zero-order chi connectivity index (χ0) is 17.5. The van der Waals surface area contributed by atoms with Gasteiger partial charge in [0.25, 0.3) is 0 Å². The molecular weight excluding hydrogens is 345 g/mol. The van der Waals surface area contributed by atoms with Gasteiger partial charge in [-0.05, 0) is 36.9 Å². The Labute approximate surface area is 151 Å². The van der Waals surface area contributed by atoms with Gasteiger partial charge in [0.05, 0.1) is 27.4 Å². The number of nitrogens with zero attached hydrogens (tertiary/aromatic N) is 2. The summed E-state index contributed by atoms with van der Waals surface area (Å²) in [5.74, 6) is -0.150. The summed E-state index contributed by atoms with van der Waals surface area (Å²) in [6, 6.07) is 14.6. The number of para-hydroxylation sites is 1. The quantitative estimate of drug-likeness (QED) is 0.832.